The molecule has 3 aromatic rings. The van der Waals surface area contributed by atoms with Crippen molar-refractivity contribution in [3.63, 3.8) is 0 Å². The topological polar surface area (TPSA) is 165 Å². The summed E-state index contributed by atoms with van der Waals surface area (Å²) in [5.74, 6) is 0. The van der Waals surface area contributed by atoms with Crippen molar-refractivity contribution in [1.82, 2.24) is 72.3 Å². The number of nitrogens with zero attached hydrogens (tertiary/aromatic N) is 5. The fourth-order valence-electron chi connectivity index (χ4n) is 5.18. The third-order valence-corrected chi connectivity index (χ3v) is 7.55. The van der Waals surface area contributed by atoms with Crippen molar-refractivity contribution >= 4 is 0 Å². The van der Waals surface area contributed by atoms with Gasteiger partial charge in [0.15, 0.2) is 0 Å². The maximum absolute atomic E-state index is 4.51. The number of fused-ring (bicyclic) bond motifs is 18. The molecule has 0 aliphatic carbocycles. The molecule has 3 aromatic heterocycles. The average Bonchev–Trinajstić information content (AvgIpc) is 3.74. The summed E-state index contributed by atoms with van der Waals surface area (Å²) in [6, 6.07) is 6.48. The minimum absolute atomic E-state index is 0.762. The van der Waals surface area contributed by atoms with Crippen molar-refractivity contribution in [3.8, 4) is 0 Å². The molecule has 0 saturated carbocycles. The zero-order chi connectivity index (χ0) is 28.0. The van der Waals surface area contributed by atoms with Gasteiger partial charge in [-0.25, -0.2) is 0 Å². The standard InChI is InChI=1S/C27H48N14/c1-7-40-8-2-29-18-24-14-26(38-36-24)20-32-5-11-41(10-4-31-17-23-13-22(16-28-1)34-35-23)12-6-33-21-27-15-25(37-39-27)19-30-3-9-40/h13-15,28-33H,1-12,16-21H2,(H,34,35)(H,36,38)(H,37,39). The third kappa shape index (κ3) is 10.6. The second-order valence-corrected chi connectivity index (χ2v) is 10.9. The van der Waals surface area contributed by atoms with Crippen molar-refractivity contribution < 1.29 is 0 Å². The Labute approximate surface area is 242 Å². The molecule has 0 atom stereocenters. The van der Waals surface area contributed by atoms with Crippen molar-refractivity contribution in [2.75, 3.05) is 78.5 Å². The molecular weight excluding hydrogens is 520 g/mol. The van der Waals surface area contributed by atoms with Crippen LogP contribution in [-0.4, -0.2) is 119 Å². The number of aromatic nitrogens is 6. The maximum Gasteiger partial charge on any atom is 0.0763 e. The molecule has 6 heterocycles. The molecule has 0 spiro atoms. The third-order valence-electron chi connectivity index (χ3n) is 7.55. The zero-order valence-electron chi connectivity index (χ0n) is 24.2. The van der Waals surface area contributed by atoms with E-state index in [-0.39, 0.29) is 0 Å². The lowest BCUT2D eigenvalue weighted by molar-refractivity contribution is 0.270. The Kier molecular flexibility index (Phi) is 12.1. The molecule has 14 nitrogen and oxygen atoms in total. The summed E-state index contributed by atoms with van der Waals surface area (Å²) in [5, 5.41) is 44.6. The lowest BCUT2D eigenvalue weighted by Crippen LogP contribution is -2.40. The molecule has 14 heteroatoms. The zero-order valence-corrected chi connectivity index (χ0v) is 24.2. The van der Waals surface area contributed by atoms with E-state index >= 15 is 0 Å². The summed E-state index contributed by atoms with van der Waals surface area (Å²) in [7, 11) is 0. The number of hydrogen-bond acceptors (Lipinski definition) is 11. The smallest absolute Gasteiger partial charge is 0.0763 e. The Morgan fingerprint density at radius 3 is 0.951 bits per heavy atom. The van der Waals surface area contributed by atoms with Gasteiger partial charge in [-0.1, -0.05) is 0 Å². The minimum atomic E-state index is 0.762. The molecule has 226 valence electrons. The van der Waals surface area contributed by atoms with Crippen molar-refractivity contribution in [1.29, 1.82) is 0 Å². The first-order chi connectivity index (χ1) is 20.3. The number of aromatic amines is 3. The van der Waals surface area contributed by atoms with E-state index in [1.807, 2.05) is 0 Å². The molecule has 3 aliphatic heterocycles. The van der Waals surface area contributed by atoms with Crippen LogP contribution >= 0.6 is 0 Å². The van der Waals surface area contributed by atoms with E-state index in [9.17, 15) is 0 Å². The van der Waals surface area contributed by atoms with Crippen LogP contribution in [0.3, 0.4) is 0 Å². The molecule has 3 aliphatic rings. The SMILES string of the molecule is c1c2n[nH]c1CNCCN1CCNCc3cc(n[nH]3)CNCCN(CCNC2)CCNCc2cc([nH]n2)CNCC1. The number of rotatable bonds is 0. The van der Waals surface area contributed by atoms with Gasteiger partial charge in [-0.3, -0.25) is 25.1 Å². The van der Waals surface area contributed by atoms with Crippen LogP contribution < -0.4 is 31.9 Å². The Balaban J connectivity index is 1.26. The van der Waals surface area contributed by atoms with Crippen LogP contribution in [0.2, 0.25) is 0 Å². The summed E-state index contributed by atoms with van der Waals surface area (Å²) in [5.41, 5.74) is 6.52. The molecule has 8 bridgehead atoms. The second-order valence-electron chi connectivity index (χ2n) is 10.9. The average molecular weight is 569 g/mol. The van der Waals surface area contributed by atoms with Crippen LogP contribution in [0.1, 0.15) is 34.2 Å². The molecular formula is C27H48N14. The van der Waals surface area contributed by atoms with Crippen LogP contribution in [0.25, 0.3) is 0 Å². The van der Waals surface area contributed by atoms with Gasteiger partial charge in [-0.2, -0.15) is 15.3 Å². The van der Waals surface area contributed by atoms with E-state index in [0.717, 1.165) is 152 Å². The molecule has 0 aromatic carbocycles. The van der Waals surface area contributed by atoms with Crippen LogP contribution in [0.15, 0.2) is 18.2 Å². The first kappa shape index (κ1) is 29.8. The molecule has 0 radical (unpaired) electrons. The molecule has 0 fully saturated rings. The Morgan fingerprint density at radius 2 is 0.659 bits per heavy atom. The number of nitrogens with one attached hydrogen (secondary N) is 9. The predicted molar refractivity (Wildman–Crippen MR) is 159 cm³/mol. The molecule has 0 saturated heterocycles. The Morgan fingerprint density at radius 1 is 0.390 bits per heavy atom. The highest BCUT2D eigenvalue weighted by molar-refractivity contribution is 5.10. The van der Waals surface area contributed by atoms with Gasteiger partial charge in [-0.05, 0) is 18.2 Å². The molecule has 41 heavy (non-hydrogen) atoms. The second kappa shape index (κ2) is 16.7. The fraction of sp³-hybridized carbons (Fsp3) is 0.667. The Hall–Kier alpha value is -2.69. The fourth-order valence-corrected chi connectivity index (χ4v) is 5.18. The van der Waals surface area contributed by atoms with Crippen molar-refractivity contribution in [2.24, 2.45) is 0 Å². The number of hydrogen-bond donors (Lipinski definition) is 9. The monoisotopic (exact) mass is 568 g/mol. The van der Waals surface area contributed by atoms with Crippen molar-refractivity contribution in [2.45, 2.75) is 39.3 Å². The van der Waals surface area contributed by atoms with Gasteiger partial charge >= 0.3 is 0 Å². The van der Waals surface area contributed by atoms with Gasteiger partial charge in [0.2, 0.25) is 0 Å². The van der Waals surface area contributed by atoms with Gasteiger partial charge in [0.25, 0.3) is 0 Å². The molecule has 6 rings (SSSR count). The minimum Gasteiger partial charge on any atom is -0.310 e. The highest BCUT2D eigenvalue weighted by Gasteiger charge is 2.10. The Bertz CT molecular complexity index is 905. The lowest BCUT2D eigenvalue weighted by atomic mass is 10.3. The first-order valence-electron chi connectivity index (χ1n) is 15.1. The summed E-state index contributed by atoms with van der Waals surface area (Å²) in [4.78, 5) is 4.99. The van der Waals surface area contributed by atoms with Crippen LogP contribution in [0.5, 0.6) is 0 Å². The van der Waals surface area contributed by atoms with Gasteiger partial charge in [0.1, 0.15) is 0 Å². The van der Waals surface area contributed by atoms with Gasteiger partial charge in [0.05, 0.1) is 17.1 Å². The largest absolute Gasteiger partial charge is 0.310 e. The molecule has 0 amide bonds. The van der Waals surface area contributed by atoms with E-state index in [4.69, 9.17) is 0 Å². The van der Waals surface area contributed by atoms with Crippen LogP contribution in [0.4, 0.5) is 0 Å². The summed E-state index contributed by atoms with van der Waals surface area (Å²) < 4.78 is 0. The first-order valence-corrected chi connectivity index (χ1v) is 15.1. The van der Waals surface area contributed by atoms with E-state index in [1.54, 1.807) is 0 Å². The van der Waals surface area contributed by atoms with Crippen LogP contribution in [-0.2, 0) is 39.3 Å². The molecule has 0 unspecified atom stereocenters. The van der Waals surface area contributed by atoms with Crippen molar-refractivity contribution in [3.05, 3.63) is 52.4 Å². The maximum atomic E-state index is 4.51. The lowest BCUT2D eigenvalue weighted by Gasteiger charge is -2.23. The summed E-state index contributed by atoms with van der Waals surface area (Å²) in [6.07, 6.45) is 0. The van der Waals surface area contributed by atoms with Gasteiger partial charge in [-0.15, -0.1) is 0 Å². The highest BCUT2D eigenvalue weighted by atomic mass is 15.2. The highest BCUT2D eigenvalue weighted by Crippen LogP contribution is 2.02. The quantitative estimate of drug-likeness (QED) is 0.154. The summed E-state index contributed by atoms with van der Waals surface area (Å²) >= 11 is 0. The van der Waals surface area contributed by atoms with E-state index in [1.165, 1.54) is 0 Å². The van der Waals surface area contributed by atoms with Gasteiger partial charge in [0, 0.05) is 135 Å². The van der Waals surface area contributed by atoms with Gasteiger partial charge < -0.3 is 31.9 Å². The molecule has 9 N–H and O–H groups in total. The van der Waals surface area contributed by atoms with Crippen LogP contribution in [0, 0.1) is 0 Å². The van der Waals surface area contributed by atoms with E-state index in [0.29, 0.717) is 0 Å². The number of H-pyrrole nitrogens is 3. The normalized spacial score (nSPS) is 23.7. The van der Waals surface area contributed by atoms with E-state index in [2.05, 4.69) is 90.5 Å². The van der Waals surface area contributed by atoms with E-state index < -0.39 is 0 Å². The summed E-state index contributed by atoms with van der Waals surface area (Å²) in [6.45, 7) is 15.9. The predicted octanol–water partition coefficient (Wildman–Crippen LogP) is -1.57.